The Morgan fingerprint density at radius 3 is 2.50 bits per heavy atom. The lowest BCUT2D eigenvalue weighted by atomic mass is 9.92. The fourth-order valence-electron chi connectivity index (χ4n) is 2.07. The molecule has 0 aliphatic rings. The van der Waals surface area contributed by atoms with Crippen LogP contribution in [0.25, 0.3) is 0 Å². The molecule has 0 radical (unpaired) electrons. The smallest absolute Gasteiger partial charge is 0.0678 e. The largest absolute Gasteiger partial charge is 0.300 e. The molecule has 108 valence electrons. The maximum atomic E-state index is 4.40. The molecule has 0 fully saturated rings. The van der Waals surface area contributed by atoms with E-state index < -0.39 is 0 Å². The van der Waals surface area contributed by atoms with Crippen LogP contribution >= 0.6 is 0 Å². The summed E-state index contributed by atoms with van der Waals surface area (Å²) in [6, 6.07) is 6.31. The van der Waals surface area contributed by atoms with Gasteiger partial charge in [-0.25, -0.2) is 0 Å². The van der Waals surface area contributed by atoms with Gasteiger partial charge in [-0.15, -0.1) is 0 Å². The molecule has 0 amide bonds. The Balaban J connectivity index is 1.85. The highest BCUT2D eigenvalue weighted by atomic mass is 15.2. The van der Waals surface area contributed by atoms with E-state index in [4.69, 9.17) is 0 Å². The van der Waals surface area contributed by atoms with Crippen molar-refractivity contribution in [3.8, 4) is 0 Å². The van der Waals surface area contributed by atoms with Gasteiger partial charge in [0.25, 0.3) is 0 Å². The highest BCUT2D eigenvalue weighted by Crippen LogP contribution is 2.20. The molecule has 0 saturated heterocycles. The van der Waals surface area contributed by atoms with Crippen LogP contribution in [-0.2, 0) is 18.4 Å². The minimum absolute atomic E-state index is 0.102. The summed E-state index contributed by atoms with van der Waals surface area (Å²) in [6.07, 6.45) is 4.74. The summed E-state index contributed by atoms with van der Waals surface area (Å²) in [5, 5.41) is 7.54. The molecule has 4 nitrogen and oxygen atoms in total. The molecule has 1 N–H and O–H groups in total. The van der Waals surface area contributed by atoms with Crippen LogP contribution < -0.4 is 0 Å². The topological polar surface area (TPSA) is 44.8 Å². The first-order chi connectivity index (χ1) is 9.45. The van der Waals surface area contributed by atoms with Crippen molar-refractivity contribution in [1.82, 2.24) is 20.1 Å². The predicted molar refractivity (Wildman–Crippen MR) is 81.6 cm³/mol. The highest BCUT2D eigenvalue weighted by molar-refractivity contribution is 5.16. The SMILES string of the molecule is CN(CCc1ccncc1)Cc1cc(C(C)(C)C)n[nH]1. The average molecular weight is 272 g/mol. The summed E-state index contributed by atoms with van der Waals surface area (Å²) in [6.45, 7) is 8.46. The van der Waals surface area contributed by atoms with Crippen LogP contribution in [0, 0.1) is 0 Å². The third-order valence-corrected chi connectivity index (χ3v) is 3.37. The lowest BCUT2D eigenvalue weighted by Crippen LogP contribution is -2.21. The minimum atomic E-state index is 0.102. The molecule has 0 saturated carbocycles. The maximum absolute atomic E-state index is 4.40. The molecule has 0 aliphatic heterocycles. The number of aromatic nitrogens is 3. The molecular formula is C16H24N4. The fraction of sp³-hybridized carbons (Fsp3) is 0.500. The highest BCUT2D eigenvalue weighted by Gasteiger charge is 2.17. The lowest BCUT2D eigenvalue weighted by molar-refractivity contribution is 0.327. The van der Waals surface area contributed by atoms with E-state index in [9.17, 15) is 0 Å². The molecule has 0 atom stereocenters. The van der Waals surface area contributed by atoms with Crippen LogP contribution in [0.5, 0.6) is 0 Å². The number of aromatic amines is 1. The second-order valence-electron chi connectivity index (χ2n) is 6.37. The first-order valence-electron chi connectivity index (χ1n) is 7.07. The van der Waals surface area contributed by atoms with E-state index in [2.05, 4.69) is 66.1 Å². The monoisotopic (exact) mass is 272 g/mol. The quantitative estimate of drug-likeness (QED) is 0.910. The Hall–Kier alpha value is -1.68. The van der Waals surface area contributed by atoms with E-state index in [1.165, 1.54) is 11.3 Å². The number of hydrogen-bond donors (Lipinski definition) is 1. The second-order valence-corrected chi connectivity index (χ2v) is 6.37. The summed E-state index contributed by atoms with van der Waals surface area (Å²) >= 11 is 0. The van der Waals surface area contributed by atoms with Gasteiger partial charge in [0.1, 0.15) is 0 Å². The molecule has 4 heteroatoms. The van der Waals surface area contributed by atoms with Crippen molar-refractivity contribution in [2.24, 2.45) is 0 Å². The summed E-state index contributed by atoms with van der Waals surface area (Å²) < 4.78 is 0. The van der Waals surface area contributed by atoms with E-state index in [-0.39, 0.29) is 5.41 Å². The third-order valence-electron chi connectivity index (χ3n) is 3.37. The number of rotatable bonds is 5. The zero-order chi connectivity index (χ0) is 14.6. The average Bonchev–Trinajstić information content (AvgIpc) is 2.86. The third kappa shape index (κ3) is 4.17. The van der Waals surface area contributed by atoms with Gasteiger partial charge in [-0.2, -0.15) is 5.10 Å². The molecule has 0 bridgehead atoms. The van der Waals surface area contributed by atoms with Gasteiger partial charge in [-0.1, -0.05) is 20.8 Å². The van der Waals surface area contributed by atoms with Gasteiger partial charge in [-0.05, 0) is 37.2 Å². The molecule has 0 spiro atoms. The van der Waals surface area contributed by atoms with Gasteiger partial charge in [0.15, 0.2) is 0 Å². The van der Waals surface area contributed by atoms with Crippen LogP contribution in [0.4, 0.5) is 0 Å². The predicted octanol–water partition coefficient (Wildman–Crippen LogP) is 2.78. The van der Waals surface area contributed by atoms with E-state index in [0.717, 1.165) is 25.2 Å². The first-order valence-corrected chi connectivity index (χ1v) is 7.07. The van der Waals surface area contributed by atoms with Gasteiger partial charge in [0.05, 0.1) is 5.69 Å². The normalized spacial score (nSPS) is 12.1. The Bertz CT molecular complexity index is 525. The molecule has 2 heterocycles. The summed E-state index contributed by atoms with van der Waals surface area (Å²) in [7, 11) is 2.14. The van der Waals surface area contributed by atoms with Gasteiger partial charge in [0.2, 0.25) is 0 Å². The van der Waals surface area contributed by atoms with Gasteiger partial charge in [-0.3, -0.25) is 10.1 Å². The molecule has 0 aromatic carbocycles. The summed E-state index contributed by atoms with van der Waals surface area (Å²) in [5.41, 5.74) is 3.72. The van der Waals surface area contributed by atoms with Crippen molar-refractivity contribution in [1.29, 1.82) is 0 Å². The summed E-state index contributed by atoms with van der Waals surface area (Å²) in [5.74, 6) is 0. The first kappa shape index (κ1) is 14.7. The fourth-order valence-corrected chi connectivity index (χ4v) is 2.07. The van der Waals surface area contributed by atoms with Crippen molar-refractivity contribution >= 4 is 0 Å². The van der Waals surface area contributed by atoms with Crippen LogP contribution in [0.1, 0.15) is 37.7 Å². The van der Waals surface area contributed by atoms with Crippen molar-refractivity contribution in [2.45, 2.75) is 39.2 Å². The van der Waals surface area contributed by atoms with Crippen LogP contribution in [0.2, 0.25) is 0 Å². The van der Waals surface area contributed by atoms with Crippen molar-refractivity contribution in [2.75, 3.05) is 13.6 Å². The Kier molecular flexibility index (Phi) is 4.55. The minimum Gasteiger partial charge on any atom is -0.300 e. The van der Waals surface area contributed by atoms with E-state index >= 15 is 0 Å². The van der Waals surface area contributed by atoms with Crippen molar-refractivity contribution in [3.05, 3.63) is 47.5 Å². The van der Waals surface area contributed by atoms with Crippen LogP contribution in [0.15, 0.2) is 30.6 Å². The molecule has 2 rings (SSSR count). The van der Waals surface area contributed by atoms with Crippen LogP contribution in [-0.4, -0.2) is 33.7 Å². The van der Waals surface area contributed by atoms with E-state index in [1.54, 1.807) is 0 Å². The molecule has 2 aromatic rings. The van der Waals surface area contributed by atoms with E-state index in [1.807, 2.05) is 12.4 Å². The van der Waals surface area contributed by atoms with Gasteiger partial charge in [0, 0.05) is 36.6 Å². The second kappa shape index (κ2) is 6.18. The number of nitrogens with zero attached hydrogens (tertiary/aromatic N) is 3. The van der Waals surface area contributed by atoms with Gasteiger partial charge < -0.3 is 4.90 Å². The Morgan fingerprint density at radius 1 is 1.20 bits per heavy atom. The lowest BCUT2D eigenvalue weighted by Gasteiger charge is -2.15. The number of H-pyrrole nitrogens is 1. The summed E-state index contributed by atoms with van der Waals surface area (Å²) in [4.78, 5) is 6.35. The zero-order valence-electron chi connectivity index (χ0n) is 12.8. The molecular weight excluding hydrogens is 248 g/mol. The zero-order valence-corrected chi connectivity index (χ0v) is 12.8. The number of nitrogens with one attached hydrogen (secondary N) is 1. The Morgan fingerprint density at radius 2 is 1.90 bits per heavy atom. The molecule has 0 aliphatic carbocycles. The number of likely N-dealkylation sites (N-methyl/N-ethyl adjacent to an activating group) is 1. The van der Waals surface area contributed by atoms with Crippen molar-refractivity contribution < 1.29 is 0 Å². The molecule has 20 heavy (non-hydrogen) atoms. The van der Waals surface area contributed by atoms with Gasteiger partial charge >= 0.3 is 0 Å². The van der Waals surface area contributed by atoms with Crippen molar-refractivity contribution in [3.63, 3.8) is 0 Å². The molecule has 2 aromatic heterocycles. The Labute approximate surface area is 121 Å². The molecule has 0 unspecified atom stereocenters. The number of pyridine rings is 1. The number of hydrogen-bond acceptors (Lipinski definition) is 3. The standard InChI is InChI=1S/C16H24N4/c1-16(2,3)15-11-14(18-19-15)12-20(4)10-7-13-5-8-17-9-6-13/h5-6,8-9,11H,7,10,12H2,1-4H3,(H,18,19). The van der Waals surface area contributed by atoms with E-state index in [0.29, 0.717) is 0 Å². The maximum Gasteiger partial charge on any atom is 0.0678 e. The van der Waals surface area contributed by atoms with Crippen LogP contribution in [0.3, 0.4) is 0 Å².